The summed E-state index contributed by atoms with van der Waals surface area (Å²) in [5.41, 5.74) is 3.94. The standard InChI is InChI=1S/C38H29NO2/c1-20(2)24-12-8-13-25(21(3)4)36(24)39-37(40)30-17-15-28-27-14-7-10-23-19-22-9-5-6-11-26(22)33(32(23)27)29-16-18-31(38(39)41)35(30)34(28)29/h5-21H,1-4H3. The highest BCUT2D eigenvalue weighted by molar-refractivity contribution is 6.44. The molecule has 0 N–H and O–H groups in total. The molecule has 0 fully saturated rings. The predicted molar refractivity (Wildman–Crippen MR) is 171 cm³/mol. The molecule has 41 heavy (non-hydrogen) atoms. The van der Waals surface area contributed by atoms with Gasteiger partial charge in [-0.3, -0.25) is 9.59 Å². The second kappa shape index (κ2) is 8.37. The van der Waals surface area contributed by atoms with E-state index in [1.54, 1.807) is 0 Å². The van der Waals surface area contributed by atoms with Gasteiger partial charge in [0.2, 0.25) is 0 Å². The van der Waals surface area contributed by atoms with Crippen molar-refractivity contribution in [1.82, 2.24) is 0 Å². The minimum absolute atomic E-state index is 0.159. The fourth-order valence-electron chi connectivity index (χ4n) is 7.22. The molecule has 1 heterocycles. The van der Waals surface area contributed by atoms with Gasteiger partial charge in [-0.2, -0.15) is 0 Å². The van der Waals surface area contributed by atoms with E-state index < -0.39 is 0 Å². The zero-order chi connectivity index (χ0) is 28.2. The SMILES string of the molecule is CC(C)c1cccc(C(C)C)c1N1C(=O)c2ccc3c4cccc5cc6ccccc6c(c6ccc(c2c36)C1=O)c54. The van der Waals surface area contributed by atoms with Crippen LogP contribution in [0.2, 0.25) is 0 Å². The third kappa shape index (κ3) is 3.09. The van der Waals surface area contributed by atoms with E-state index in [0.29, 0.717) is 11.1 Å². The monoisotopic (exact) mass is 531 g/mol. The Morgan fingerprint density at radius 2 is 1.02 bits per heavy atom. The smallest absolute Gasteiger partial charge is 0.266 e. The Morgan fingerprint density at radius 3 is 1.71 bits per heavy atom. The molecule has 0 saturated carbocycles. The second-order valence-electron chi connectivity index (χ2n) is 12.0. The molecule has 0 aliphatic carbocycles. The van der Waals surface area contributed by atoms with E-state index in [4.69, 9.17) is 0 Å². The van der Waals surface area contributed by atoms with Crippen molar-refractivity contribution < 1.29 is 9.59 Å². The van der Waals surface area contributed by atoms with E-state index in [-0.39, 0.29) is 23.7 Å². The van der Waals surface area contributed by atoms with Crippen molar-refractivity contribution in [3.63, 3.8) is 0 Å². The number of hydrogen-bond acceptors (Lipinski definition) is 2. The number of nitrogens with zero attached hydrogens (tertiary/aromatic N) is 1. The molecule has 2 amide bonds. The lowest BCUT2D eigenvalue weighted by atomic mass is 9.83. The first kappa shape index (κ1) is 24.1. The number of carbonyl (C=O) groups is 2. The van der Waals surface area contributed by atoms with E-state index in [9.17, 15) is 9.59 Å². The maximum absolute atomic E-state index is 14.4. The van der Waals surface area contributed by atoms with Crippen molar-refractivity contribution in [2.24, 2.45) is 0 Å². The fourth-order valence-corrected chi connectivity index (χ4v) is 7.22. The summed E-state index contributed by atoms with van der Waals surface area (Å²) in [4.78, 5) is 30.3. The average Bonchev–Trinajstić information content (AvgIpc) is 2.98. The number of hydrogen-bond donors (Lipinski definition) is 0. The van der Waals surface area contributed by atoms with Gasteiger partial charge < -0.3 is 0 Å². The number of benzene rings is 7. The summed E-state index contributed by atoms with van der Waals surface area (Å²) in [5.74, 6) is -0.177. The van der Waals surface area contributed by atoms with Gasteiger partial charge in [-0.25, -0.2) is 4.90 Å². The van der Waals surface area contributed by atoms with Crippen molar-refractivity contribution >= 4 is 71.4 Å². The highest BCUT2D eigenvalue weighted by Crippen LogP contribution is 2.47. The van der Waals surface area contributed by atoms with Crippen LogP contribution in [-0.2, 0) is 0 Å². The van der Waals surface area contributed by atoms with Crippen LogP contribution in [0.1, 0.15) is 71.4 Å². The highest BCUT2D eigenvalue weighted by atomic mass is 16.2. The van der Waals surface area contributed by atoms with Crippen LogP contribution in [-0.4, -0.2) is 11.8 Å². The maximum Gasteiger partial charge on any atom is 0.266 e. The molecule has 0 radical (unpaired) electrons. The first-order valence-corrected chi connectivity index (χ1v) is 14.4. The average molecular weight is 532 g/mol. The van der Waals surface area contributed by atoms with Gasteiger partial charge in [0.25, 0.3) is 11.8 Å². The molecule has 198 valence electrons. The molecular weight excluding hydrogens is 502 g/mol. The van der Waals surface area contributed by atoms with Crippen LogP contribution in [0, 0.1) is 0 Å². The van der Waals surface area contributed by atoms with Crippen molar-refractivity contribution in [1.29, 1.82) is 0 Å². The predicted octanol–water partition coefficient (Wildman–Crippen LogP) is 9.94. The summed E-state index contributed by atoms with van der Waals surface area (Å²) in [6, 6.07) is 31.4. The number of fused-ring (bicyclic) bond motifs is 4. The van der Waals surface area contributed by atoms with Crippen LogP contribution in [0.5, 0.6) is 0 Å². The van der Waals surface area contributed by atoms with E-state index in [0.717, 1.165) is 43.7 Å². The van der Waals surface area contributed by atoms with Gasteiger partial charge in [0.1, 0.15) is 0 Å². The molecule has 3 nitrogen and oxygen atoms in total. The molecular formula is C38H29NO2. The molecule has 7 aromatic carbocycles. The second-order valence-corrected chi connectivity index (χ2v) is 12.0. The number of carbonyl (C=O) groups excluding carboxylic acids is 2. The quantitative estimate of drug-likeness (QED) is 0.129. The summed E-state index contributed by atoms with van der Waals surface area (Å²) in [6.07, 6.45) is 0. The molecule has 8 rings (SSSR count). The summed E-state index contributed by atoms with van der Waals surface area (Å²) in [5, 5.41) is 11.0. The highest BCUT2D eigenvalue weighted by Gasteiger charge is 2.38. The molecule has 0 spiro atoms. The number of amides is 2. The molecule has 1 aliphatic heterocycles. The van der Waals surface area contributed by atoms with Gasteiger partial charge in [0.05, 0.1) is 5.69 Å². The molecule has 1 aliphatic rings. The Hall–Kier alpha value is -4.76. The minimum Gasteiger partial charge on any atom is -0.268 e. The van der Waals surface area contributed by atoms with Crippen molar-refractivity contribution in [2.75, 3.05) is 4.90 Å². The molecule has 3 heteroatoms. The van der Waals surface area contributed by atoms with E-state index in [2.05, 4.69) is 88.4 Å². The lowest BCUT2D eigenvalue weighted by Crippen LogP contribution is -2.41. The summed E-state index contributed by atoms with van der Waals surface area (Å²) < 4.78 is 0. The van der Waals surface area contributed by atoms with Crippen LogP contribution in [0.15, 0.2) is 91.0 Å². The normalized spacial score (nSPS) is 13.9. The van der Waals surface area contributed by atoms with Gasteiger partial charge in [-0.05, 0) is 89.6 Å². The van der Waals surface area contributed by atoms with Crippen LogP contribution in [0.3, 0.4) is 0 Å². The number of anilines is 1. The summed E-state index contributed by atoms with van der Waals surface area (Å²) >= 11 is 0. The molecule has 0 atom stereocenters. The zero-order valence-corrected chi connectivity index (χ0v) is 23.6. The van der Waals surface area contributed by atoms with Gasteiger partial charge in [0.15, 0.2) is 0 Å². The zero-order valence-electron chi connectivity index (χ0n) is 23.6. The Balaban J connectivity index is 1.51. The molecule has 7 aromatic rings. The van der Waals surface area contributed by atoms with Crippen LogP contribution in [0.25, 0.3) is 53.9 Å². The van der Waals surface area contributed by atoms with Gasteiger partial charge in [0, 0.05) is 16.5 Å². The third-order valence-corrected chi connectivity index (χ3v) is 9.04. The molecule has 0 bridgehead atoms. The maximum atomic E-state index is 14.4. The van der Waals surface area contributed by atoms with Crippen LogP contribution >= 0.6 is 0 Å². The van der Waals surface area contributed by atoms with Gasteiger partial charge >= 0.3 is 0 Å². The largest absolute Gasteiger partial charge is 0.268 e. The Kier molecular flexibility index (Phi) is 4.92. The molecule has 0 unspecified atom stereocenters. The Labute approximate surface area is 238 Å². The lowest BCUT2D eigenvalue weighted by Gasteiger charge is -2.32. The Bertz CT molecular complexity index is 2210. The fraction of sp³-hybridized carbons (Fsp3) is 0.158. The number of imide groups is 1. The van der Waals surface area contributed by atoms with E-state index in [1.807, 2.05) is 30.3 Å². The third-order valence-electron chi connectivity index (χ3n) is 9.04. The van der Waals surface area contributed by atoms with E-state index >= 15 is 0 Å². The van der Waals surface area contributed by atoms with Crippen molar-refractivity contribution in [2.45, 2.75) is 39.5 Å². The van der Waals surface area contributed by atoms with E-state index in [1.165, 1.54) is 31.8 Å². The molecule has 0 saturated heterocycles. The Morgan fingerprint density at radius 1 is 0.488 bits per heavy atom. The number of rotatable bonds is 3. The van der Waals surface area contributed by atoms with Gasteiger partial charge in [-0.15, -0.1) is 0 Å². The number of para-hydroxylation sites is 1. The lowest BCUT2D eigenvalue weighted by molar-refractivity contribution is 0.0893. The minimum atomic E-state index is -0.247. The summed E-state index contributed by atoms with van der Waals surface area (Å²) in [6.45, 7) is 8.46. The topological polar surface area (TPSA) is 37.4 Å². The summed E-state index contributed by atoms with van der Waals surface area (Å²) in [7, 11) is 0. The molecule has 0 aromatic heterocycles. The van der Waals surface area contributed by atoms with Crippen LogP contribution in [0.4, 0.5) is 5.69 Å². The first-order valence-electron chi connectivity index (χ1n) is 14.4. The van der Waals surface area contributed by atoms with Crippen LogP contribution < -0.4 is 4.90 Å². The van der Waals surface area contributed by atoms with Crippen molar-refractivity contribution in [3.05, 3.63) is 113 Å². The van der Waals surface area contributed by atoms with Crippen molar-refractivity contribution in [3.8, 4) is 0 Å². The first-order chi connectivity index (χ1) is 19.9. The van der Waals surface area contributed by atoms with Gasteiger partial charge in [-0.1, -0.05) is 100 Å².